The fraction of sp³-hybridized carbons (Fsp3) is 1.00. The third kappa shape index (κ3) is 1.24. The second-order valence-electron chi connectivity index (χ2n) is 4.60. The van der Waals surface area contributed by atoms with Gasteiger partial charge in [-0.3, -0.25) is 4.90 Å². The van der Waals surface area contributed by atoms with Crippen molar-refractivity contribution >= 4 is 11.8 Å². The van der Waals surface area contributed by atoms with Crippen LogP contribution in [-0.4, -0.2) is 41.3 Å². The van der Waals surface area contributed by atoms with Gasteiger partial charge in [0.25, 0.3) is 0 Å². The zero-order valence-corrected chi connectivity index (χ0v) is 8.98. The maximum Gasteiger partial charge on any atom is 0.129 e. The van der Waals surface area contributed by atoms with Crippen molar-refractivity contribution in [3.05, 3.63) is 0 Å². The molecule has 0 aliphatic carbocycles. The molecule has 0 saturated carbocycles. The third-order valence-corrected chi connectivity index (χ3v) is 5.30. The molecule has 4 heterocycles. The van der Waals surface area contributed by atoms with Crippen molar-refractivity contribution in [3.8, 4) is 0 Å². The summed E-state index contributed by atoms with van der Waals surface area (Å²) in [5.41, 5.74) is 0. The molecule has 4 aliphatic rings. The molecule has 3 heteroatoms. The molecule has 0 amide bonds. The van der Waals surface area contributed by atoms with Crippen LogP contribution in [0.4, 0.5) is 0 Å². The van der Waals surface area contributed by atoms with Gasteiger partial charge in [-0.1, -0.05) is 0 Å². The van der Waals surface area contributed by atoms with E-state index in [4.69, 9.17) is 4.74 Å². The Hall–Kier alpha value is 0.270. The number of piperidine rings is 3. The molecule has 74 valence electrons. The second kappa shape index (κ2) is 2.88. The van der Waals surface area contributed by atoms with Crippen LogP contribution in [0.1, 0.15) is 19.8 Å². The summed E-state index contributed by atoms with van der Waals surface area (Å²) in [5, 5.41) is 0. The first kappa shape index (κ1) is 8.57. The molecule has 13 heavy (non-hydrogen) atoms. The highest BCUT2D eigenvalue weighted by molar-refractivity contribution is 8.00. The summed E-state index contributed by atoms with van der Waals surface area (Å²) in [7, 11) is 0. The average Bonchev–Trinajstić information content (AvgIpc) is 2.49. The lowest BCUT2D eigenvalue weighted by atomic mass is 9.85. The van der Waals surface area contributed by atoms with Crippen molar-refractivity contribution in [2.45, 2.75) is 30.8 Å². The molecule has 4 fully saturated rings. The van der Waals surface area contributed by atoms with Crippen LogP contribution in [0.3, 0.4) is 0 Å². The predicted molar refractivity (Wildman–Crippen MR) is 54.9 cm³/mol. The Morgan fingerprint density at radius 3 is 2.62 bits per heavy atom. The van der Waals surface area contributed by atoms with E-state index in [2.05, 4.69) is 23.6 Å². The lowest BCUT2D eigenvalue weighted by molar-refractivity contribution is -0.103. The van der Waals surface area contributed by atoms with E-state index in [1.54, 1.807) is 0 Å². The van der Waals surface area contributed by atoms with E-state index in [1.807, 2.05) is 0 Å². The van der Waals surface area contributed by atoms with Gasteiger partial charge in [0.15, 0.2) is 0 Å². The molecule has 0 radical (unpaired) electrons. The average molecular weight is 199 g/mol. The molecule has 2 unspecified atom stereocenters. The number of hydrogen-bond acceptors (Lipinski definition) is 3. The molecule has 4 aliphatic heterocycles. The number of fused-ring (bicyclic) bond motifs is 2. The zero-order valence-electron chi connectivity index (χ0n) is 8.16. The van der Waals surface area contributed by atoms with Crippen LogP contribution < -0.4 is 0 Å². The Bertz CT molecular complexity index is 215. The minimum atomic E-state index is 0.204. The molecule has 2 bridgehead atoms. The van der Waals surface area contributed by atoms with Gasteiger partial charge in [-0.25, -0.2) is 0 Å². The normalized spacial score (nSPS) is 54.7. The van der Waals surface area contributed by atoms with E-state index < -0.39 is 0 Å². The number of ether oxygens (including phenoxy) is 1. The minimum Gasteiger partial charge on any atom is -0.359 e. The lowest BCUT2D eigenvalue weighted by Crippen LogP contribution is -2.57. The van der Waals surface area contributed by atoms with E-state index in [9.17, 15) is 0 Å². The summed E-state index contributed by atoms with van der Waals surface area (Å²) in [6, 6.07) is 0. The molecular weight excluding hydrogens is 182 g/mol. The zero-order chi connectivity index (χ0) is 8.89. The minimum absolute atomic E-state index is 0.204. The molecule has 2 atom stereocenters. The topological polar surface area (TPSA) is 12.5 Å². The van der Waals surface area contributed by atoms with E-state index in [0.717, 1.165) is 5.92 Å². The van der Waals surface area contributed by atoms with Gasteiger partial charge < -0.3 is 4.74 Å². The smallest absolute Gasteiger partial charge is 0.129 e. The van der Waals surface area contributed by atoms with Gasteiger partial charge in [-0.05, 0) is 32.9 Å². The molecule has 0 aromatic rings. The maximum absolute atomic E-state index is 6.14. The van der Waals surface area contributed by atoms with Crippen LogP contribution >= 0.6 is 11.8 Å². The molecular formula is C10H17NOS. The van der Waals surface area contributed by atoms with Crippen molar-refractivity contribution in [1.29, 1.82) is 0 Å². The van der Waals surface area contributed by atoms with Crippen molar-refractivity contribution in [1.82, 2.24) is 4.90 Å². The Labute approximate surface area is 84.0 Å². The van der Waals surface area contributed by atoms with Crippen molar-refractivity contribution < 1.29 is 4.74 Å². The molecule has 0 N–H and O–H groups in total. The third-order valence-electron chi connectivity index (χ3n) is 3.62. The highest BCUT2D eigenvalue weighted by Gasteiger charge is 2.51. The van der Waals surface area contributed by atoms with E-state index in [-0.39, 0.29) is 4.93 Å². The van der Waals surface area contributed by atoms with Gasteiger partial charge in [0, 0.05) is 18.2 Å². The summed E-state index contributed by atoms with van der Waals surface area (Å²) in [6.45, 7) is 6.02. The monoisotopic (exact) mass is 199 g/mol. The van der Waals surface area contributed by atoms with Crippen LogP contribution in [0, 0.1) is 5.92 Å². The predicted octanol–water partition coefficient (Wildman–Crippen LogP) is 1.56. The highest BCUT2D eigenvalue weighted by Crippen LogP contribution is 2.49. The fourth-order valence-electron chi connectivity index (χ4n) is 2.94. The largest absolute Gasteiger partial charge is 0.359 e. The van der Waals surface area contributed by atoms with E-state index in [1.165, 1.54) is 38.2 Å². The standard InChI is InChI=1S/C10H17NOS/c1-8-6-13-10(12-8)7-11-4-2-9(10)3-5-11/h8-9H,2-7H2,1H3. The molecule has 0 aromatic carbocycles. The SMILES string of the molecule is CC1CSC2(CN3CCC2CC3)O1. The number of thioether (sulfide) groups is 1. The van der Waals surface area contributed by atoms with E-state index in [0.29, 0.717) is 6.10 Å². The first-order chi connectivity index (χ1) is 6.28. The Morgan fingerprint density at radius 1 is 1.38 bits per heavy atom. The van der Waals surface area contributed by atoms with Crippen LogP contribution in [0.15, 0.2) is 0 Å². The van der Waals surface area contributed by atoms with Crippen molar-refractivity contribution in [3.63, 3.8) is 0 Å². The van der Waals surface area contributed by atoms with Gasteiger partial charge >= 0.3 is 0 Å². The summed E-state index contributed by atoms with van der Waals surface area (Å²) in [5.74, 6) is 2.04. The molecule has 4 saturated heterocycles. The van der Waals surface area contributed by atoms with Gasteiger partial charge in [0.1, 0.15) is 4.93 Å². The van der Waals surface area contributed by atoms with Crippen molar-refractivity contribution in [2.75, 3.05) is 25.4 Å². The Morgan fingerprint density at radius 2 is 2.15 bits per heavy atom. The summed E-state index contributed by atoms with van der Waals surface area (Å²) in [4.78, 5) is 2.78. The maximum atomic E-state index is 6.14. The molecule has 0 aromatic heterocycles. The quantitative estimate of drug-likeness (QED) is 0.587. The van der Waals surface area contributed by atoms with Crippen LogP contribution in [0.2, 0.25) is 0 Å². The fourth-order valence-corrected chi connectivity index (χ4v) is 4.50. The van der Waals surface area contributed by atoms with Crippen molar-refractivity contribution in [2.24, 2.45) is 5.92 Å². The Balaban J connectivity index is 1.83. The van der Waals surface area contributed by atoms with Crippen LogP contribution in [-0.2, 0) is 4.74 Å². The Kier molecular flexibility index (Phi) is 1.90. The molecule has 2 nitrogen and oxygen atoms in total. The first-order valence-electron chi connectivity index (χ1n) is 5.33. The second-order valence-corrected chi connectivity index (χ2v) is 5.91. The first-order valence-corrected chi connectivity index (χ1v) is 6.31. The van der Waals surface area contributed by atoms with E-state index >= 15 is 0 Å². The molecule has 1 spiro atoms. The summed E-state index contributed by atoms with van der Waals surface area (Å²) in [6.07, 6.45) is 3.20. The van der Waals surface area contributed by atoms with Gasteiger partial charge in [-0.15, -0.1) is 11.8 Å². The molecule has 4 rings (SSSR count). The van der Waals surface area contributed by atoms with Gasteiger partial charge in [0.2, 0.25) is 0 Å². The van der Waals surface area contributed by atoms with Gasteiger partial charge in [0.05, 0.1) is 6.10 Å². The lowest BCUT2D eigenvalue weighted by Gasteiger charge is -2.50. The summed E-state index contributed by atoms with van der Waals surface area (Å²) < 4.78 is 6.14. The number of hydrogen-bond donors (Lipinski definition) is 0. The number of rotatable bonds is 0. The highest BCUT2D eigenvalue weighted by atomic mass is 32.2. The van der Waals surface area contributed by atoms with Gasteiger partial charge in [-0.2, -0.15) is 0 Å². The van der Waals surface area contributed by atoms with Crippen LogP contribution in [0.25, 0.3) is 0 Å². The summed E-state index contributed by atoms with van der Waals surface area (Å²) >= 11 is 2.07. The number of nitrogens with zero attached hydrogens (tertiary/aromatic N) is 1. The van der Waals surface area contributed by atoms with Crippen LogP contribution in [0.5, 0.6) is 0 Å².